The largest absolute Gasteiger partial charge is 0.464 e. The van der Waals surface area contributed by atoms with Crippen molar-refractivity contribution in [2.75, 3.05) is 13.2 Å². The Morgan fingerprint density at radius 2 is 2.00 bits per heavy atom. The van der Waals surface area contributed by atoms with Crippen molar-refractivity contribution in [2.45, 2.75) is 27.2 Å². The summed E-state index contributed by atoms with van der Waals surface area (Å²) < 4.78 is 5.01. The van der Waals surface area contributed by atoms with E-state index >= 15 is 0 Å². The first-order valence-electron chi connectivity index (χ1n) is 6.98. The number of nitrogens with zero attached hydrogens (tertiary/aromatic N) is 1. The highest BCUT2D eigenvalue weighted by molar-refractivity contribution is 6.34. The van der Waals surface area contributed by atoms with Crippen molar-refractivity contribution in [3.8, 4) is 0 Å². The molecule has 1 aromatic rings. The molecule has 0 saturated carbocycles. The van der Waals surface area contributed by atoms with Gasteiger partial charge in [-0.3, -0.25) is 19.7 Å². The van der Waals surface area contributed by atoms with E-state index in [1.807, 2.05) is 20.8 Å². The highest BCUT2D eigenvalue weighted by Gasteiger charge is 2.17. The van der Waals surface area contributed by atoms with Crippen LogP contribution in [-0.2, 0) is 9.53 Å². The molecule has 1 amide bonds. The molecule has 7 nitrogen and oxygen atoms in total. The molecule has 0 aliphatic heterocycles. The Morgan fingerprint density at radius 3 is 2.52 bits per heavy atom. The summed E-state index contributed by atoms with van der Waals surface area (Å²) in [5.74, 6) is -0.822. The lowest BCUT2D eigenvalue weighted by Gasteiger charge is -2.16. The number of benzene rings is 1. The maximum atomic E-state index is 11.9. The molecule has 1 rings (SSSR count). The monoisotopic (exact) mass is 342 g/mol. The molecule has 0 atom stereocenters. The zero-order valence-electron chi connectivity index (χ0n) is 13.2. The molecule has 1 N–H and O–H groups in total. The van der Waals surface area contributed by atoms with Gasteiger partial charge in [0.25, 0.3) is 11.6 Å². The van der Waals surface area contributed by atoms with Crippen LogP contribution in [0.3, 0.4) is 0 Å². The van der Waals surface area contributed by atoms with E-state index in [1.54, 1.807) is 0 Å². The standard InChI is InChI=1S/C15H19ClN2O5/c1-15(2,3)9-13(19)23-7-6-17-14(20)11-5-4-10(18(21)22)8-12(11)16/h4-5,8H,6-7,9H2,1-3H3,(H,17,20). The summed E-state index contributed by atoms with van der Waals surface area (Å²) in [4.78, 5) is 33.4. The number of nitrogens with one attached hydrogen (secondary N) is 1. The predicted octanol–water partition coefficient (Wildman–Crippen LogP) is 2.96. The maximum Gasteiger partial charge on any atom is 0.306 e. The van der Waals surface area contributed by atoms with Crippen LogP contribution in [0.25, 0.3) is 0 Å². The summed E-state index contributed by atoms with van der Waals surface area (Å²) in [6, 6.07) is 3.59. The predicted molar refractivity (Wildman–Crippen MR) is 85.5 cm³/mol. The van der Waals surface area contributed by atoms with Crippen LogP contribution < -0.4 is 5.32 Å². The van der Waals surface area contributed by atoms with Crippen molar-refractivity contribution in [3.05, 3.63) is 38.9 Å². The topological polar surface area (TPSA) is 98.5 Å². The van der Waals surface area contributed by atoms with Crippen LogP contribution in [0, 0.1) is 15.5 Å². The van der Waals surface area contributed by atoms with Gasteiger partial charge >= 0.3 is 5.97 Å². The van der Waals surface area contributed by atoms with Crippen LogP contribution in [0.1, 0.15) is 37.6 Å². The minimum absolute atomic E-state index is 0.0126. The Labute approximate surface area is 139 Å². The van der Waals surface area contributed by atoms with E-state index < -0.39 is 10.8 Å². The van der Waals surface area contributed by atoms with E-state index in [0.717, 1.165) is 6.07 Å². The maximum absolute atomic E-state index is 11.9. The molecule has 0 fully saturated rings. The molecular formula is C15H19ClN2O5. The summed E-state index contributed by atoms with van der Waals surface area (Å²) in [6.45, 7) is 5.94. The lowest BCUT2D eigenvalue weighted by atomic mass is 9.93. The van der Waals surface area contributed by atoms with E-state index in [9.17, 15) is 19.7 Å². The molecule has 23 heavy (non-hydrogen) atoms. The van der Waals surface area contributed by atoms with Gasteiger partial charge in [0.1, 0.15) is 6.61 Å². The number of halogens is 1. The zero-order chi connectivity index (χ0) is 17.6. The number of amides is 1. The van der Waals surface area contributed by atoms with Crippen molar-refractivity contribution in [1.29, 1.82) is 0 Å². The number of nitro groups is 1. The Bertz CT molecular complexity index is 610. The molecule has 0 unspecified atom stereocenters. The normalized spacial score (nSPS) is 11.0. The molecule has 8 heteroatoms. The minimum Gasteiger partial charge on any atom is -0.464 e. The number of nitro benzene ring substituents is 1. The molecule has 0 heterocycles. The molecular weight excluding hydrogens is 324 g/mol. The first kappa shape index (κ1) is 18.9. The van der Waals surface area contributed by atoms with Crippen molar-refractivity contribution in [3.63, 3.8) is 0 Å². The first-order chi connectivity index (χ1) is 10.6. The zero-order valence-corrected chi connectivity index (χ0v) is 14.0. The fourth-order valence-corrected chi connectivity index (χ4v) is 1.97. The van der Waals surface area contributed by atoms with Crippen molar-refractivity contribution >= 4 is 29.2 Å². The third kappa shape index (κ3) is 6.65. The summed E-state index contributed by atoms with van der Waals surface area (Å²) in [7, 11) is 0. The molecule has 0 spiro atoms. The fourth-order valence-electron chi connectivity index (χ4n) is 1.71. The number of carbonyl (C=O) groups is 2. The number of non-ortho nitro benzene ring substituents is 1. The average Bonchev–Trinajstić information content (AvgIpc) is 2.41. The lowest BCUT2D eigenvalue weighted by molar-refractivity contribution is -0.384. The molecule has 0 saturated heterocycles. The van der Waals surface area contributed by atoms with Crippen LogP contribution in [-0.4, -0.2) is 30.0 Å². The number of rotatable bonds is 6. The van der Waals surface area contributed by atoms with Gasteiger partial charge in [0, 0.05) is 12.1 Å². The van der Waals surface area contributed by atoms with E-state index in [0.29, 0.717) is 0 Å². The van der Waals surface area contributed by atoms with Crippen molar-refractivity contribution < 1.29 is 19.2 Å². The second-order valence-electron chi connectivity index (χ2n) is 6.14. The number of hydrogen-bond acceptors (Lipinski definition) is 5. The van der Waals surface area contributed by atoms with Gasteiger partial charge in [0.15, 0.2) is 0 Å². The number of esters is 1. The fraction of sp³-hybridized carbons (Fsp3) is 0.467. The number of ether oxygens (including phenoxy) is 1. The first-order valence-corrected chi connectivity index (χ1v) is 7.36. The van der Waals surface area contributed by atoms with Gasteiger partial charge in [-0.1, -0.05) is 32.4 Å². The highest BCUT2D eigenvalue weighted by Crippen LogP contribution is 2.22. The second-order valence-corrected chi connectivity index (χ2v) is 6.54. The summed E-state index contributed by atoms with van der Waals surface area (Å²) in [5.41, 5.74) is -0.229. The highest BCUT2D eigenvalue weighted by atomic mass is 35.5. The SMILES string of the molecule is CC(C)(C)CC(=O)OCCNC(=O)c1ccc([N+](=O)[O-])cc1Cl. The average molecular weight is 343 g/mol. The van der Waals surface area contributed by atoms with Gasteiger partial charge in [0.05, 0.1) is 28.5 Å². The summed E-state index contributed by atoms with van der Waals surface area (Å²) in [5, 5.41) is 13.1. The quantitative estimate of drug-likeness (QED) is 0.371. The van der Waals surface area contributed by atoms with Crippen LogP contribution in [0.15, 0.2) is 18.2 Å². The molecule has 0 aliphatic rings. The van der Waals surface area contributed by atoms with Crippen LogP contribution >= 0.6 is 11.6 Å². The third-order valence-corrected chi connectivity index (χ3v) is 3.05. The van der Waals surface area contributed by atoms with Gasteiger partial charge in [-0.05, 0) is 11.5 Å². The molecule has 0 radical (unpaired) electrons. The Morgan fingerprint density at radius 1 is 1.35 bits per heavy atom. The van der Waals surface area contributed by atoms with Gasteiger partial charge in [-0.2, -0.15) is 0 Å². The van der Waals surface area contributed by atoms with Gasteiger partial charge in [-0.25, -0.2) is 0 Å². The number of carbonyl (C=O) groups excluding carboxylic acids is 2. The Hall–Kier alpha value is -2.15. The van der Waals surface area contributed by atoms with Crippen LogP contribution in [0.2, 0.25) is 5.02 Å². The smallest absolute Gasteiger partial charge is 0.306 e. The van der Waals surface area contributed by atoms with E-state index in [-0.39, 0.29) is 47.2 Å². The molecule has 0 aromatic heterocycles. The Balaban J connectivity index is 2.46. The third-order valence-electron chi connectivity index (χ3n) is 2.73. The number of hydrogen-bond donors (Lipinski definition) is 1. The van der Waals surface area contributed by atoms with Crippen molar-refractivity contribution in [1.82, 2.24) is 5.32 Å². The molecule has 126 valence electrons. The lowest BCUT2D eigenvalue weighted by Crippen LogP contribution is -2.28. The van der Waals surface area contributed by atoms with Gasteiger partial charge in [-0.15, -0.1) is 0 Å². The molecule has 0 aliphatic carbocycles. The minimum atomic E-state index is -0.595. The van der Waals surface area contributed by atoms with Gasteiger partial charge < -0.3 is 10.1 Å². The van der Waals surface area contributed by atoms with Crippen LogP contribution in [0.5, 0.6) is 0 Å². The van der Waals surface area contributed by atoms with E-state index in [2.05, 4.69) is 5.32 Å². The van der Waals surface area contributed by atoms with Crippen molar-refractivity contribution in [2.24, 2.45) is 5.41 Å². The second kappa shape index (κ2) is 7.92. The Kier molecular flexibility index (Phi) is 6.50. The molecule has 0 bridgehead atoms. The van der Waals surface area contributed by atoms with Gasteiger partial charge in [0.2, 0.25) is 0 Å². The summed E-state index contributed by atoms with van der Waals surface area (Å²) in [6.07, 6.45) is 0.287. The van der Waals surface area contributed by atoms with Crippen LogP contribution in [0.4, 0.5) is 5.69 Å². The van der Waals surface area contributed by atoms with E-state index in [4.69, 9.17) is 16.3 Å². The van der Waals surface area contributed by atoms with E-state index in [1.165, 1.54) is 12.1 Å². The summed E-state index contributed by atoms with van der Waals surface area (Å²) >= 11 is 5.85. The molecule has 1 aromatic carbocycles.